The van der Waals surface area contributed by atoms with Crippen LogP contribution < -0.4 is 20.7 Å². The fraction of sp³-hybridized carbons (Fsp3) is 0.103. The van der Waals surface area contributed by atoms with Crippen LogP contribution in [-0.4, -0.2) is 32.0 Å². The van der Waals surface area contributed by atoms with Crippen molar-refractivity contribution in [2.45, 2.75) is 13.5 Å². The van der Waals surface area contributed by atoms with E-state index < -0.39 is 5.82 Å². The van der Waals surface area contributed by atoms with Crippen LogP contribution in [0.5, 0.6) is 11.6 Å². The number of benzene rings is 2. The molecule has 194 valence electrons. The quantitative estimate of drug-likeness (QED) is 0.280. The number of nitrogens with zero attached hydrogens (tertiary/aromatic N) is 5. The van der Waals surface area contributed by atoms with Gasteiger partial charge in [0.05, 0.1) is 16.8 Å². The lowest BCUT2D eigenvalue weighted by Gasteiger charge is -2.23. The molecule has 1 amide bonds. The number of amides is 1. The average molecular weight is 522 g/mol. The van der Waals surface area contributed by atoms with Gasteiger partial charge in [-0.25, -0.2) is 19.3 Å². The van der Waals surface area contributed by atoms with Crippen molar-refractivity contribution in [2.75, 3.05) is 22.5 Å². The maximum absolute atomic E-state index is 15.5. The number of anilines is 4. The molecule has 2 aromatic carbocycles. The zero-order chi connectivity index (χ0) is 27.1. The van der Waals surface area contributed by atoms with Crippen LogP contribution in [0, 0.1) is 12.7 Å². The van der Waals surface area contributed by atoms with Crippen molar-refractivity contribution in [1.29, 1.82) is 0 Å². The van der Waals surface area contributed by atoms with Crippen molar-refractivity contribution in [3.05, 3.63) is 91.2 Å². The van der Waals surface area contributed by atoms with Gasteiger partial charge in [-0.2, -0.15) is 0 Å². The lowest BCUT2D eigenvalue weighted by Crippen LogP contribution is -2.18. The Hall–Kier alpha value is -5.25. The number of ether oxygens (including phenoxy) is 1. The smallest absolute Gasteiger partial charge is 0.247 e. The number of nitrogen functional groups attached to an aromatic ring is 1. The second kappa shape index (κ2) is 9.56. The van der Waals surface area contributed by atoms with Crippen LogP contribution in [-0.2, 0) is 11.3 Å². The minimum atomic E-state index is -0.553. The van der Waals surface area contributed by atoms with Gasteiger partial charge in [0, 0.05) is 30.4 Å². The van der Waals surface area contributed by atoms with E-state index in [0.717, 1.165) is 17.2 Å². The number of aryl methyl sites for hydroxylation is 1. The number of fused-ring (bicyclic) bond motifs is 3. The molecule has 0 aliphatic carbocycles. The van der Waals surface area contributed by atoms with Gasteiger partial charge in [-0.1, -0.05) is 30.8 Å². The van der Waals surface area contributed by atoms with Gasteiger partial charge in [0.1, 0.15) is 23.6 Å². The van der Waals surface area contributed by atoms with Crippen LogP contribution in [0.1, 0.15) is 5.69 Å². The molecular weight excluding hydrogens is 497 g/mol. The Bertz CT molecular complexity index is 1760. The van der Waals surface area contributed by atoms with Gasteiger partial charge in [-0.15, -0.1) is 0 Å². The summed E-state index contributed by atoms with van der Waals surface area (Å²) < 4.78 is 23.2. The molecule has 4 heterocycles. The average Bonchev–Trinajstić information content (AvgIpc) is 3.50. The van der Waals surface area contributed by atoms with Crippen LogP contribution in [0.2, 0.25) is 0 Å². The Kier molecular flexibility index (Phi) is 5.91. The largest absolute Gasteiger partial charge is 0.436 e. The van der Waals surface area contributed by atoms with Gasteiger partial charge in [-0.3, -0.25) is 4.79 Å². The number of halogens is 1. The number of rotatable bonds is 6. The van der Waals surface area contributed by atoms with E-state index in [4.69, 9.17) is 10.5 Å². The monoisotopic (exact) mass is 521 g/mol. The number of aromatic nitrogens is 4. The maximum Gasteiger partial charge on any atom is 0.247 e. The van der Waals surface area contributed by atoms with Gasteiger partial charge < -0.3 is 25.3 Å². The Morgan fingerprint density at radius 1 is 1.13 bits per heavy atom. The van der Waals surface area contributed by atoms with Crippen molar-refractivity contribution < 1.29 is 13.9 Å². The molecule has 3 aromatic heterocycles. The van der Waals surface area contributed by atoms with E-state index in [0.29, 0.717) is 46.8 Å². The summed E-state index contributed by atoms with van der Waals surface area (Å²) in [6, 6.07) is 17.5. The second-order valence-electron chi connectivity index (χ2n) is 9.03. The van der Waals surface area contributed by atoms with Gasteiger partial charge in [0.2, 0.25) is 11.8 Å². The van der Waals surface area contributed by atoms with Gasteiger partial charge in [0.25, 0.3) is 0 Å². The van der Waals surface area contributed by atoms with Crippen molar-refractivity contribution in [3.8, 4) is 22.8 Å². The molecule has 3 N–H and O–H groups in total. The van der Waals surface area contributed by atoms with Crippen molar-refractivity contribution in [1.82, 2.24) is 19.5 Å². The summed E-state index contributed by atoms with van der Waals surface area (Å²) in [6.07, 6.45) is 2.64. The number of carbonyl (C=O) groups excluding carboxylic acids is 1. The van der Waals surface area contributed by atoms with Crippen LogP contribution in [0.25, 0.3) is 22.2 Å². The minimum Gasteiger partial charge on any atom is -0.436 e. The molecule has 1 aliphatic heterocycles. The molecule has 0 unspecified atom stereocenters. The van der Waals surface area contributed by atoms with Gasteiger partial charge in [-0.05, 0) is 48.9 Å². The summed E-state index contributed by atoms with van der Waals surface area (Å²) in [4.78, 5) is 27.2. The zero-order valence-corrected chi connectivity index (χ0v) is 21.1. The summed E-state index contributed by atoms with van der Waals surface area (Å²) in [7, 11) is 0. The summed E-state index contributed by atoms with van der Waals surface area (Å²) in [5, 5.41) is 3.50. The SMILES string of the molecule is C=CC(=O)Nc1ccccc1N1CCn2c1c(-c1ccc(Oc3cccc(C)n3)c(F)c1)c1c(N)ncnc12. The number of nitrogens with two attached hydrogens (primary N) is 1. The van der Waals surface area contributed by atoms with E-state index in [-0.39, 0.29) is 17.5 Å². The summed E-state index contributed by atoms with van der Waals surface area (Å²) in [5.41, 5.74) is 10.4. The van der Waals surface area contributed by atoms with Gasteiger partial charge in [0.15, 0.2) is 11.6 Å². The highest BCUT2D eigenvalue weighted by atomic mass is 19.1. The lowest BCUT2D eigenvalue weighted by atomic mass is 10.0. The molecule has 9 nitrogen and oxygen atoms in total. The second-order valence-corrected chi connectivity index (χ2v) is 9.03. The fourth-order valence-corrected chi connectivity index (χ4v) is 4.91. The normalized spacial score (nSPS) is 12.4. The summed E-state index contributed by atoms with van der Waals surface area (Å²) in [5.74, 6) is 0.538. The van der Waals surface area contributed by atoms with Crippen molar-refractivity contribution in [3.63, 3.8) is 0 Å². The molecule has 0 saturated carbocycles. The van der Waals surface area contributed by atoms with Crippen LogP contribution in [0.4, 0.5) is 27.4 Å². The Morgan fingerprint density at radius 3 is 2.77 bits per heavy atom. The Labute approximate surface area is 223 Å². The number of pyridine rings is 1. The van der Waals surface area contributed by atoms with E-state index in [9.17, 15) is 4.79 Å². The zero-order valence-electron chi connectivity index (χ0n) is 21.1. The summed E-state index contributed by atoms with van der Waals surface area (Å²) in [6.45, 7) is 6.60. The molecule has 0 spiro atoms. The number of hydrogen-bond acceptors (Lipinski definition) is 7. The minimum absolute atomic E-state index is 0.0515. The van der Waals surface area contributed by atoms with Crippen LogP contribution in [0.15, 0.2) is 79.6 Å². The maximum atomic E-state index is 15.5. The lowest BCUT2D eigenvalue weighted by molar-refractivity contribution is -0.111. The first-order valence-electron chi connectivity index (χ1n) is 12.3. The van der Waals surface area contributed by atoms with E-state index in [1.54, 1.807) is 24.3 Å². The van der Waals surface area contributed by atoms with Crippen molar-refractivity contribution in [2.24, 2.45) is 0 Å². The molecule has 0 fully saturated rings. The third-order valence-corrected chi connectivity index (χ3v) is 6.58. The predicted molar refractivity (Wildman–Crippen MR) is 149 cm³/mol. The molecule has 0 bridgehead atoms. The van der Waals surface area contributed by atoms with Crippen molar-refractivity contribution >= 4 is 40.0 Å². The molecule has 10 heteroatoms. The number of carbonyl (C=O) groups is 1. The van der Waals surface area contributed by atoms with E-state index in [1.165, 1.54) is 18.5 Å². The molecule has 5 aromatic rings. The molecule has 1 aliphatic rings. The molecular formula is C29H24FN7O2. The number of nitrogens with one attached hydrogen (secondary N) is 1. The molecule has 0 saturated heterocycles. The standard InChI is InChI=1S/C29H24FN7O2/c1-3-23(38)35-20-8-4-5-9-21(20)36-13-14-37-28-26(27(31)32-16-33-28)25(29(36)37)18-11-12-22(19(30)15-18)39-24-10-6-7-17(2)34-24/h3-12,15-16H,1,13-14H2,2H3,(H,35,38)(H2,31,32,33). The van der Waals surface area contributed by atoms with E-state index in [1.807, 2.05) is 41.8 Å². The first-order valence-corrected chi connectivity index (χ1v) is 12.3. The molecule has 0 atom stereocenters. The topological polar surface area (TPSA) is 111 Å². The number of hydrogen-bond donors (Lipinski definition) is 2. The van der Waals surface area contributed by atoms with E-state index >= 15 is 4.39 Å². The fourth-order valence-electron chi connectivity index (χ4n) is 4.91. The summed E-state index contributed by atoms with van der Waals surface area (Å²) >= 11 is 0. The van der Waals surface area contributed by atoms with Gasteiger partial charge >= 0.3 is 0 Å². The molecule has 39 heavy (non-hydrogen) atoms. The third kappa shape index (κ3) is 4.21. The Morgan fingerprint density at radius 2 is 1.97 bits per heavy atom. The number of para-hydroxylation sites is 2. The first kappa shape index (κ1) is 24.1. The molecule has 6 rings (SSSR count). The highest BCUT2D eigenvalue weighted by Crippen LogP contribution is 2.48. The first-order chi connectivity index (χ1) is 18.9. The highest BCUT2D eigenvalue weighted by Gasteiger charge is 2.32. The Balaban J connectivity index is 1.50. The predicted octanol–water partition coefficient (Wildman–Crippen LogP) is 5.59. The highest BCUT2D eigenvalue weighted by molar-refractivity contribution is 6.09. The van der Waals surface area contributed by atoms with Crippen LogP contribution >= 0.6 is 0 Å². The van der Waals surface area contributed by atoms with Crippen LogP contribution in [0.3, 0.4) is 0 Å². The molecule has 0 radical (unpaired) electrons. The third-order valence-electron chi connectivity index (χ3n) is 6.58. The van der Waals surface area contributed by atoms with E-state index in [2.05, 4.69) is 31.7 Å².